The number of amides is 3. The predicted octanol–water partition coefficient (Wildman–Crippen LogP) is 4.52. The zero-order valence-electron chi connectivity index (χ0n) is 19.4. The van der Waals surface area contributed by atoms with Crippen molar-refractivity contribution in [1.82, 2.24) is 10.6 Å². The van der Waals surface area contributed by atoms with E-state index in [1.54, 1.807) is 42.6 Å². The molecule has 0 unspecified atom stereocenters. The largest absolute Gasteiger partial charge is 0.464 e. The molecule has 1 aliphatic rings. The van der Waals surface area contributed by atoms with Gasteiger partial charge in [-0.2, -0.15) is 0 Å². The maximum Gasteiger partial charge on any atom is 0.261 e. The molecule has 0 spiro atoms. The van der Waals surface area contributed by atoms with Gasteiger partial charge in [-0.25, -0.2) is 0 Å². The third-order valence-corrected chi connectivity index (χ3v) is 6.80. The van der Waals surface area contributed by atoms with Crippen LogP contribution in [0.5, 0.6) is 0 Å². The standard InChI is InChI=1S/C26H29N3O4S/c1-17-7-5-10-20(15-17)29(23(30)16-27-25(31)22-11-6-14-34-22)24(21-13-12-18(2)33-21)26(32)28-19-8-3-4-9-19/h5-7,10-15,19,24H,3-4,8-9,16H2,1-2H3,(H,27,31)(H,28,32)/t24-/m1/s1. The molecule has 7 nitrogen and oxygen atoms in total. The first kappa shape index (κ1) is 23.8. The molecule has 2 heterocycles. The van der Waals surface area contributed by atoms with Crippen molar-refractivity contribution in [1.29, 1.82) is 0 Å². The Morgan fingerprint density at radius 3 is 2.53 bits per heavy atom. The number of furan rings is 1. The van der Waals surface area contributed by atoms with Crippen LogP contribution in [0.15, 0.2) is 58.3 Å². The lowest BCUT2D eigenvalue weighted by Gasteiger charge is -2.31. The van der Waals surface area contributed by atoms with Crippen LogP contribution in [0.3, 0.4) is 0 Å². The number of carbonyl (C=O) groups is 3. The molecule has 8 heteroatoms. The second-order valence-electron chi connectivity index (χ2n) is 8.60. The molecule has 1 aromatic carbocycles. The Hall–Kier alpha value is -3.39. The van der Waals surface area contributed by atoms with Gasteiger partial charge in [-0.15, -0.1) is 11.3 Å². The normalized spacial score (nSPS) is 14.5. The van der Waals surface area contributed by atoms with Crippen LogP contribution < -0.4 is 15.5 Å². The first-order valence-corrected chi connectivity index (χ1v) is 12.4. The van der Waals surface area contributed by atoms with Crippen LogP contribution in [0.4, 0.5) is 5.69 Å². The van der Waals surface area contributed by atoms with E-state index in [0.717, 1.165) is 31.2 Å². The van der Waals surface area contributed by atoms with Crippen molar-refractivity contribution in [2.24, 2.45) is 0 Å². The van der Waals surface area contributed by atoms with Crippen molar-refractivity contribution >= 4 is 34.7 Å². The summed E-state index contributed by atoms with van der Waals surface area (Å²) in [5.74, 6) is 0.00825. The van der Waals surface area contributed by atoms with Crippen LogP contribution in [0.25, 0.3) is 0 Å². The molecule has 178 valence electrons. The van der Waals surface area contributed by atoms with Gasteiger partial charge < -0.3 is 15.1 Å². The molecule has 2 aromatic heterocycles. The summed E-state index contributed by atoms with van der Waals surface area (Å²) in [6.07, 6.45) is 3.99. The van der Waals surface area contributed by atoms with E-state index in [1.807, 2.05) is 25.1 Å². The Morgan fingerprint density at radius 1 is 1.09 bits per heavy atom. The number of rotatable bonds is 8. The molecular formula is C26H29N3O4S. The van der Waals surface area contributed by atoms with E-state index < -0.39 is 11.9 Å². The topological polar surface area (TPSA) is 91.7 Å². The fourth-order valence-corrected chi connectivity index (χ4v) is 4.92. The predicted molar refractivity (Wildman–Crippen MR) is 132 cm³/mol. The number of thiophene rings is 1. The molecule has 3 aromatic rings. The Morgan fingerprint density at radius 2 is 1.88 bits per heavy atom. The third-order valence-electron chi connectivity index (χ3n) is 5.93. The highest BCUT2D eigenvalue weighted by atomic mass is 32.1. The molecule has 0 bridgehead atoms. The third kappa shape index (κ3) is 5.56. The minimum atomic E-state index is -0.998. The Bertz CT molecular complexity index is 1150. The number of nitrogens with zero attached hydrogens (tertiary/aromatic N) is 1. The van der Waals surface area contributed by atoms with Crippen molar-refractivity contribution in [2.75, 3.05) is 11.4 Å². The molecule has 2 N–H and O–H groups in total. The minimum absolute atomic E-state index is 0.0825. The summed E-state index contributed by atoms with van der Waals surface area (Å²) >= 11 is 1.30. The van der Waals surface area contributed by atoms with Crippen molar-refractivity contribution in [3.63, 3.8) is 0 Å². The van der Waals surface area contributed by atoms with Gasteiger partial charge in [0.05, 0.1) is 11.4 Å². The fourth-order valence-electron chi connectivity index (χ4n) is 4.28. The number of aryl methyl sites for hydroxylation is 2. The average Bonchev–Trinajstić information content (AvgIpc) is 3.59. The zero-order chi connectivity index (χ0) is 24.1. The van der Waals surface area contributed by atoms with E-state index in [0.29, 0.717) is 22.1 Å². The van der Waals surface area contributed by atoms with E-state index in [-0.39, 0.29) is 24.4 Å². The van der Waals surface area contributed by atoms with E-state index in [9.17, 15) is 14.4 Å². The number of nitrogens with one attached hydrogen (secondary N) is 2. The Balaban J connectivity index is 1.66. The first-order chi connectivity index (χ1) is 16.4. The lowest BCUT2D eigenvalue weighted by molar-refractivity contribution is -0.127. The Labute approximate surface area is 203 Å². The SMILES string of the molecule is Cc1cccc(N(C(=O)CNC(=O)c2cccs2)[C@@H](C(=O)NC2CCCC2)c2ccc(C)o2)c1. The molecule has 0 saturated heterocycles. The number of anilines is 1. The summed E-state index contributed by atoms with van der Waals surface area (Å²) in [5.41, 5.74) is 1.51. The van der Waals surface area contributed by atoms with Crippen molar-refractivity contribution in [3.8, 4) is 0 Å². The lowest BCUT2D eigenvalue weighted by atomic mass is 10.1. The molecule has 4 rings (SSSR count). The van der Waals surface area contributed by atoms with Crippen LogP contribution in [0, 0.1) is 13.8 Å². The molecule has 3 amide bonds. The lowest BCUT2D eigenvalue weighted by Crippen LogP contribution is -2.49. The number of carbonyl (C=O) groups excluding carboxylic acids is 3. The molecule has 34 heavy (non-hydrogen) atoms. The van der Waals surface area contributed by atoms with Crippen molar-refractivity contribution < 1.29 is 18.8 Å². The first-order valence-electron chi connectivity index (χ1n) is 11.5. The van der Waals surface area contributed by atoms with Gasteiger partial charge in [0.2, 0.25) is 5.91 Å². The van der Waals surface area contributed by atoms with E-state index >= 15 is 0 Å². The van der Waals surface area contributed by atoms with E-state index in [2.05, 4.69) is 10.6 Å². The summed E-state index contributed by atoms with van der Waals surface area (Å²) in [5, 5.41) is 7.61. The molecular weight excluding hydrogens is 450 g/mol. The van der Waals surface area contributed by atoms with Gasteiger partial charge in [0.15, 0.2) is 6.04 Å². The van der Waals surface area contributed by atoms with Gasteiger partial charge in [0, 0.05) is 11.7 Å². The quantitative estimate of drug-likeness (QED) is 0.497. The van der Waals surface area contributed by atoms with Crippen LogP contribution in [0.1, 0.15) is 58.5 Å². The number of benzene rings is 1. The van der Waals surface area contributed by atoms with Crippen LogP contribution in [0.2, 0.25) is 0 Å². The number of hydrogen-bond donors (Lipinski definition) is 2. The second-order valence-corrected chi connectivity index (χ2v) is 9.55. The average molecular weight is 480 g/mol. The molecule has 0 aliphatic heterocycles. The molecule has 1 atom stereocenters. The summed E-state index contributed by atoms with van der Waals surface area (Å²) in [6.45, 7) is 3.47. The van der Waals surface area contributed by atoms with Crippen LogP contribution in [-0.2, 0) is 9.59 Å². The summed E-state index contributed by atoms with van der Waals surface area (Å²) < 4.78 is 5.86. The summed E-state index contributed by atoms with van der Waals surface area (Å²) in [4.78, 5) is 41.6. The second kappa shape index (κ2) is 10.7. The molecule has 1 fully saturated rings. The van der Waals surface area contributed by atoms with Crippen molar-refractivity contribution in [2.45, 2.75) is 51.6 Å². The highest BCUT2D eigenvalue weighted by Gasteiger charge is 2.36. The highest BCUT2D eigenvalue weighted by molar-refractivity contribution is 7.12. The zero-order valence-corrected chi connectivity index (χ0v) is 20.2. The van der Waals surface area contributed by atoms with Crippen molar-refractivity contribution in [3.05, 3.63) is 75.9 Å². The monoisotopic (exact) mass is 479 g/mol. The number of hydrogen-bond acceptors (Lipinski definition) is 5. The van der Waals surface area contributed by atoms with Crippen LogP contribution >= 0.6 is 11.3 Å². The Kier molecular flexibility index (Phi) is 7.47. The van der Waals surface area contributed by atoms with Gasteiger partial charge in [0.25, 0.3) is 11.8 Å². The smallest absolute Gasteiger partial charge is 0.261 e. The maximum absolute atomic E-state index is 13.6. The van der Waals surface area contributed by atoms with Gasteiger partial charge in [-0.05, 0) is 68.0 Å². The van der Waals surface area contributed by atoms with Gasteiger partial charge in [-0.1, -0.05) is 31.0 Å². The summed E-state index contributed by atoms with van der Waals surface area (Å²) in [7, 11) is 0. The van der Waals surface area contributed by atoms with E-state index in [4.69, 9.17) is 4.42 Å². The molecule has 1 aliphatic carbocycles. The van der Waals surface area contributed by atoms with Gasteiger partial charge in [0.1, 0.15) is 11.5 Å². The van der Waals surface area contributed by atoms with Gasteiger partial charge >= 0.3 is 0 Å². The van der Waals surface area contributed by atoms with Crippen LogP contribution in [-0.4, -0.2) is 30.3 Å². The van der Waals surface area contributed by atoms with E-state index in [1.165, 1.54) is 16.2 Å². The molecule has 1 saturated carbocycles. The minimum Gasteiger partial charge on any atom is -0.464 e. The van der Waals surface area contributed by atoms with Gasteiger partial charge in [-0.3, -0.25) is 19.3 Å². The molecule has 0 radical (unpaired) electrons. The fraction of sp³-hybridized carbons (Fsp3) is 0.346. The summed E-state index contributed by atoms with van der Waals surface area (Å²) in [6, 6.07) is 13.5. The highest BCUT2D eigenvalue weighted by Crippen LogP contribution is 2.31. The maximum atomic E-state index is 13.6.